The van der Waals surface area contributed by atoms with Gasteiger partial charge in [-0.2, -0.15) is 0 Å². The van der Waals surface area contributed by atoms with Gasteiger partial charge in [0, 0.05) is 37.8 Å². The summed E-state index contributed by atoms with van der Waals surface area (Å²) in [6.07, 6.45) is 4.21. The molecule has 3 heterocycles. The molecule has 0 spiro atoms. The van der Waals surface area contributed by atoms with Crippen LogP contribution in [0, 0.1) is 5.92 Å². The first-order chi connectivity index (χ1) is 8.24. The van der Waals surface area contributed by atoms with Gasteiger partial charge in [-0.1, -0.05) is 6.92 Å². The summed E-state index contributed by atoms with van der Waals surface area (Å²) in [6, 6.07) is 2.35. The highest BCUT2D eigenvalue weighted by molar-refractivity contribution is 4.93. The van der Waals surface area contributed by atoms with Crippen molar-refractivity contribution in [2.75, 3.05) is 32.7 Å². The van der Waals surface area contributed by atoms with E-state index in [1.165, 1.54) is 52.0 Å². The second-order valence-electron chi connectivity index (χ2n) is 6.42. The van der Waals surface area contributed by atoms with Crippen LogP contribution in [0.25, 0.3) is 0 Å². The Morgan fingerprint density at radius 2 is 2.06 bits per heavy atom. The highest BCUT2D eigenvalue weighted by Crippen LogP contribution is 2.26. The molecule has 3 aliphatic heterocycles. The third kappa shape index (κ3) is 2.38. The summed E-state index contributed by atoms with van der Waals surface area (Å²) in [4.78, 5) is 5.46. The van der Waals surface area contributed by atoms with Crippen LogP contribution in [0.2, 0.25) is 0 Å². The van der Waals surface area contributed by atoms with Crippen LogP contribution in [0.1, 0.15) is 33.1 Å². The van der Waals surface area contributed by atoms with E-state index in [1.807, 2.05) is 0 Å². The standard InChI is InChI=1S/C14H27N3/c1-11-5-6-15-14(11)10-17-9-13-4-3-7-16(13)8-12(17)2/h11-15H,3-10H2,1-2H3. The average Bonchev–Trinajstić information content (AvgIpc) is 2.89. The first-order valence-electron chi connectivity index (χ1n) is 7.45. The third-order valence-electron chi connectivity index (χ3n) is 5.19. The van der Waals surface area contributed by atoms with Crippen molar-refractivity contribution in [1.29, 1.82) is 0 Å². The number of nitrogens with one attached hydrogen (secondary N) is 1. The lowest BCUT2D eigenvalue weighted by molar-refractivity contribution is 0.0510. The number of nitrogens with zero attached hydrogens (tertiary/aromatic N) is 2. The zero-order valence-electron chi connectivity index (χ0n) is 11.4. The average molecular weight is 237 g/mol. The predicted octanol–water partition coefficient (Wildman–Crippen LogP) is 1.15. The van der Waals surface area contributed by atoms with E-state index in [1.54, 1.807) is 0 Å². The van der Waals surface area contributed by atoms with Gasteiger partial charge in [0.25, 0.3) is 0 Å². The van der Waals surface area contributed by atoms with E-state index < -0.39 is 0 Å². The fourth-order valence-corrected chi connectivity index (χ4v) is 3.90. The van der Waals surface area contributed by atoms with E-state index in [0.29, 0.717) is 0 Å². The second-order valence-corrected chi connectivity index (χ2v) is 6.42. The molecule has 0 aromatic carbocycles. The topological polar surface area (TPSA) is 18.5 Å². The number of hydrogen-bond acceptors (Lipinski definition) is 3. The van der Waals surface area contributed by atoms with Gasteiger partial charge in [-0.25, -0.2) is 0 Å². The minimum atomic E-state index is 0.741. The van der Waals surface area contributed by atoms with Crippen molar-refractivity contribution in [1.82, 2.24) is 15.1 Å². The Bertz CT molecular complexity index is 268. The van der Waals surface area contributed by atoms with Gasteiger partial charge in [-0.05, 0) is 45.2 Å². The first-order valence-corrected chi connectivity index (χ1v) is 7.45. The molecule has 0 radical (unpaired) electrons. The van der Waals surface area contributed by atoms with Crippen molar-refractivity contribution in [3.8, 4) is 0 Å². The van der Waals surface area contributed by atoms with Crippen molar-refractivity contribution >= 4 is 0 Å². The Morgan fingerprint density at radius 1 is 1.18 bits per heavy atom. The molecule has 4 unspecified atom stereocenters. The molecule has 4 atom stereocenters. The maximum Gasteiger partial charge on any atom is 0.0224 e. The minimum Gasteiger partial charge on any atom is -0.312 e. The monoisotopic (exact) mass is 237 g/mol. The quantitative estimate of drug-likeness (QED) is 0.777. The van der Waals surface area contributed by atoms with Gasteiger partial charge in [-0.3, -0.25) is 9.80 Å². The van der Waals surface area contributed by atoms with Gasteiger partial charge in [-0.15, -0.1) is 0 Å². The lowest BCUT2D eigenvalue weighted by atomic mass is 10.0. The lowest BCUT2D eigenvalue weighted by Gasteiger charge is -2.43. The Kier molecular flexibility index (Phi) is 3.42. The molecule has 3 aliphatic rings. The van der Waals surface area contributed by atoms with E-state index in [9.17, 15) is 0 Å². The molecular weight excluding hydrogens is 210 g/mol. The molecule has 0 aliphatic carbocycles. The van der Waals surface area contributed by atoms with E-state index in [0.717, 1.165) is 24.0 Å². The largest absolute Gasteiger partial charge is 0.312 e. The molecule has 3 rings (SSSR count). The summed E-state index contributed by atoms with van der Waals surface area (Å²) < 4.78 is 0. The lowest BCUT2D eigenvalue weighted by Crippen LogP contribution is -2.57. The Morgan fingerprint density at radius 3 is 2.82 bits per heavy atom. The number of rotatable bonds is 2. The Balaban J connectivity index is 1.59. The smallest absolute Gasteiger partial charge is 0.0224 e. The Labute approximate surface area is 106 Å². The van der Waals surface area contributed by atoms with E-state index >= 15 is 0 Å². The molecule has 1 N–H and O–H groups in total. The summed E-state index contributed by atoms with van der Waals surface area (Å²) in [7, 11) is 0. The van der Waals surface area contributed by atoms with Gasteiger partial charge in [0.05, 0.1) is 0 Å². The van der Waals surface area contributed by atoms with Crippen LogP contribution in [0.4, 0.5) is 0 Å². The minimum absolute atomic E-state index is 0.741. The van der Waals surface area contributed by atoms with Crippen LogP contribution < -0.4 is 5.32 Å². The van der Waals surface area contributed by atoms with E-state index in [-0.39, 0.29) is 0 Å². The molecular formula is C14H27N3. The molecule has 98 valence electrons. The predicted molar refractivity (Wildman–Crippen MR) is 71.2 cm³/mol. The molecule has 3 nitrogen and oxygen atoms in total. The number of piperazine rings is 1. The highest BCUT2D eigenvalue weighted by atomic mass is 15.3. The summed E-state index contributed by atoms with van der Waals surface area (Å²) in [5.74, 6) is 0.865. The molecule has 3 fully saturated rings. The summed E-state index contributed by atoms with van der Waals surface area (Å²) in [5.41, 5.74) is 0. The zero-order valence-corrected chi connectivity index (χ0v) is 11.4. The molecule has 17 heavy (non-hydrogen) atoms. The van der Waals surface area contributed by atoms with Gasteiger partial charge in [0.1, 0.15) is 0 Å². The summed E-state index contributed by atoms with van der Waals surface area (Å²) >= 11 is 0. The van der Waals surface area contributed by atoms with Crippen LogP contribution in [0.3, 0.4) is 0 Å². The van der Waals surface area contributed by atoms with Crippen LogP contribution in [-0.2, 0) is 0 Å². The van der Waals surface area contributed by atoms with Crippen molar-refractivity contribution in [2.45, 2.75) is 51.2 Å². The van der Waals surface area contributed by atoms with Gasteiger partial charge in [0.2, 0.25) is 0 Å². The highest BCUT2D eigenvalue weighted by Gasteiger charge is 2.36. The van der Waals surface area contributed by atoms with Crippen molar-refractivity contribution in [3.63, 3.8) is 0 Å². The van der Waals surface area contributed by atoms with E-state index in [4.69, 9.17) is 0 Å². The Hall–Kier alpha value is -0.120. The fraction of sp³-hybridized carbons (Fsp3) is 1.00. The van der Waals surface area contributed by atoms with Crippen LogP contribution in [-0.4, -0.2) is 60.6 Å². The molecule has 3 saturated heterocycles. The second kappa shape index (κ2) is 4.87. The SMILES string of the molecule is CC1CCNC1CN1CC2CCCN2CC1C. The molecule has 0 saturated carbocycles. The third-order valence-corrected chi connectivity index (χ3v) is 5.19. The molecule has 0 amide bonds. The maximum atomic E-state index is 3.68. The van der Waals surface area contributed by atoms with Gasteiger partial charge in [0.15, 0.2) is 0 Å². The molecule has 0 bridgehead atoms. The fourth-order valence-electron chi connectivity index (χ4n) is 3.90. The van der Waals surface area contributed by atoms with Crippen molar-refractivity contribution in [2.24, 2.45) is 5.92 Å². The molecule has 3 heteroatoms. The zero-order chi connectivity index (χ0) is 11.8. The van der Waals surface area contributed by atoms with Crippen LogP contribution >= 0.6 is 0 Å². The van der Waals surface area contributed by atoms with Crippen molar-refractivity contribution in [3.05, 3.63) is 0 Å². The van der Waals surface area contributed by atoms with Gasteiger partial charge >= 0.3 is 0 Å². The van der Waals surface area contributed by atoms with Crippen molar-refractivity contribution < 1.29 is 0 Å². The summed E-state index contributed by atoms with van der Waals surface area (Å²) in [6.45, 7) is 11.3. The van der Waals surface area contributed by atoms with Gasteiger partial charge < -0.3 is 5.32 Å². The van der Waals surface area contributed by atoms with E-state index in [2.05, 4.69) is 29.0 Å². The number of fused-ring (bicyclic) bond motifs is 1. The summed E-state index contributed by atoms with van der Waals surface area (Å²) in [5, 5.41) is 3.68. The first kappa shape index (κ1) is 11.9. The normalized spacial score (nSPS) is 44.1. The van der Waals surface area contributed by atoms with Crippen LogP contribution in [0.15, 0.2) is 0 Å². The molecule has 0 aromatic rings. The number of hydrogen-bond donors (Lipinski definition) is 1. The van der Waals surface area contributed by atoms with Crippen LogP contribution in [0.5, 0.6) is 0 Å². The molecule has 0 aromatic heterocycles. The maximum absolute atomic E-state index is 3.68.